The molecule has 0 saturated carbocycles. The summed E-state index contributed by atoms with van der Waals surface area (Å²) in [5, 5.41) is 2.78. The minimum absolute atomic E-state index is 0.440. The molecule has 0 aliphatic carbocycles. The van der Waals surface area contributed by atoms with Crippen molar-refractivity contribution in [2.75, 3.05) is 5.32 Å². The van der Waals surface area contributed by atoms with Gasteiger partial charge in [-0.05, 0) is 33.8 Å². The van der Waals surface area contributed by atoms with Crippen LogP contribution in [0, 0.1) is 6.92 Å². The van der Waals surface area contributed by atoms with Gasteiger partial charge in [-0.15, -0.1) is 0 Å². The first-order valence-electron chi connectivity index (χ1n) is 7.36. The van der Waals surface area contributed by atoms with Crippen LogP contribution in [0.25, 0.3) is 0 Å². The van der Waals surface area contributed by atoms with Crippen molar-refractivity contribution in [2.24, 2.45) is 0 Å². The summed E-state index contributed by atoms with van der Waals surface area (Å²) in [4.78, 5) is 11.9. The van der Waals surface area contributed by atoms with E-state index in [9.17, 15) is 4.79 Å². The molecule has 116 valence electrons. The molecule has 1 aromatic carbocycles. The minimum atomic E-state index is -0.506. The van der Waals surface area contributed by atoms with Gasteiger partial charge in [-0.2, -0.15) is 4.57 Å². The molecule has 2 aromatic rings. The molecule has 1 amide bonds. The van der Waals surface area contributed by atoms with Crippen LogP contribution in [0.2, 0.25) is 0 Å². The molecule has 1 heterocycles. The molecule has 2 rings (SSSR count). The number of benzene rings is 1. The molecular formula is C18H23N2O2+. The Morgan fingerprint density at radius 1 is 1.18 bits per heavy atom. The maximum absolute atomic E-state index is 11.9. The molecule has 1 N–H and O–H groups in total. The van der Waals surface area contributed by atoms with Gasteiger partial charge in [0.25, 0.3) is 0 Å². The zero-order chi connectivity index (χ0) is 16.2. The third-order valence-corrected chi connectivity index (χ3v) is 2.91. The van der Waals surface area contributed by atoms with Crippen molar-refractivity contribution in [1.29, 1.82) is 0 Å². The number of hydrogen-bond acceptors (Lipinski definition) is 2. The number of nitrogens with one attached hydrogen (secondary N) is 1. The summed E-state index contributed by atoms with van der Waals surface area (Å²) in [5.74, 6) is 0. The molecule has 0 bridgehead atoms. The third-order valence-electron chi connectivity index (χ3n) is 2.91. The Labute approximate surface area is 131 Å². The lowest BCUT2D eigenvalue weighted by atomic mass is 10.2. The number of ether oxygens (including phenoxy) is 1. The average molecular weight is 299 g/mol. The molecule has 0 atom stereocenters. The van der Waals surface area contributed by atoms with Gasteiger partial charge in [0, 0.05) is 11.1 Å². The first-order chi connectivity index (χ1) is 10.3. The zero-order valence-electron chi connectivity index (χ0n) is 13.6. The molecule has 0 saturated heterocycles. The molecule has 0 fully saturated rings. The molecule has 0 aliphatic heterocycles. The van der Waals surface area contributed by atoms with E-state index in [0.29, 0.717) is 0 Å². The maximum Gasteiger partial charge on any atom is 0.412 e. The van der Waals surface area contributed by atoms with E-state index >= 15 is 0 Å². The SMILES string of the molecule is Cc1cc(NC(=O)OC(C)(C)C)c[n+](Cc2ccccc2)c1. The number of carbonyl (C=O) groups excluding carboxylic acids is 1. The largest absolute Gasteiger partial charge is 0.444 e. The Balaban J connectivity index is 2.11. The highest BCUT2D eigenvalue weighted by atomic mass is 16.6. The Hall–Kier alpha value is -2.36. The second-order valence-electron chi connectivity index (χ2n) is 6.39. The van der Waals surface area contributed by atoms with Crippen molar-refractivity contribution in [3.05, 3.63) is 59.9 Å². The number of aromatic nitrogens is 1. The van der Waals surface area contributed by atoms with Crippen molar-refractivity contribution in [1.82, 2.24) is 0 Å². The Morgan fingerprint density at radius 3 is 2.50 bits per heavy atom. The Kier molecular flexibility index (Phi) is 4.81. The fraction of sp³-hybridized carbons (Fsp3) is 0.333. The van der Waals surface area contributed by atoms with Crippen LogP contribution in [0.15, 0.2) is 48.8 Å². The standard InChI is InChI=1S/C18H22N2O2/c1-14-10-16(19-17(21)22-18(2,3)4)13-20(11-14)12-15-8-6-5-7-9-15/h5-11,13H,12H2,1-4H3/p+1. The lowest BCUT2D eigenvalue weighted by molar-refractivity contribution is -0.688. The van der Waals surface area contributed by atoms with Gasteiger partial charge in [0.2, 0.25) is 0 Å². The molecule has 0 aliphatic rings. The molecule has 1 aromatic heterocycles. The van der Waals surface area contributed by atoms with Crippen LogP contribution in [0.1, 0.15) is 31.9 Å². The summed E-state index contributed by atoms with van der Waals surface area (Å²) in [6.07, 6.45) is 3.52. The van der Waals surface area contributed by atoms with Gasteiger partial charge in [0.05, 0.1) is 0 Å². The van der Waals surface area contributed by atoms with Crippen molar-refractivity contribution in [3.63, 3.8) is 0 Å². The van der Waals surface area contributed by atoms with Crippen LogP contribution in [0.4, 0.5) is 10.5 Å². The molecule has 0 spiro atoms. The monoisotopic (exact) mass is 299 g/mol. The number of rotatable bonds is 3. The number of pyridine rings is 1. The fourth-order valence-corrected chi connectivity index (χ4v) is 2.17. The van der Waals surface area contributed by atoms with Crippen LogP contribution in [0.5, 0.6) is 0 Å². The second kappa shape index (κ2) is 6.60. The average Bonchev–Trinajstić information content (AvgIpc) is 2.36. The van der Waals surface area contributed by atoms with Crippen molar-refractivity contribution >= 4 is 11.8 Å². The van der Waals surface area contributed by atoms with Gasteiger partial charge in [0.1, 0.15) is 11.3 Å². The molecule has 4 heteroatoms. The molecular weight excluding hydrogens is 276 g/mol. The highest BCUT2D eigenvalue weighted by Crippen LogP contribution is 2.12. The molecule has 0 unspecified atom stereocenters. The number of anilines is 1. The molecule has 4 nitrogen and oxygen atoms in total. The van der Waals surface area contributed by atoms with Crippen molar-refractivity contribution in [3.8, 4) is 0 Å². The van der Waals surface area contributed by atoms with Crippen LogP contribution >= 0.6 is 0 Å². The summed E-state index contributed by atoms with van der Waals surface area (Å²) in [7, 11) is 0. The third kappa shape index (κ3) is 5.20. The van der Waals surface area contributed by atoms with E-state index in [1.165, 1.54) is 5.56 Å². The zero-order valence-corrected chi connectivity index (χ0v) is 13.6. The van der Waals surface area contributed by atoms with Gasteiger partial charge in [0.15, 0.2) is 18.9 Å². The quantitative estimate of drug-likeness (QED) is 0.879. The van der Waals surface area contributed by atoms with E-state index in [0.717, 1.165) is 17.8 Å². The highest BCUT2D eigenvalue weighted by molar-refractivity contribution is 5.84. The van der Waals surface area contributed by atoms with Crippen LogP contribution in [0.3, 0.4) is 0 Å². The van der Waals surface area contributed by atoms with Gasteiger partial charge in [-0.3, -0.25) is 5.32 Å². The van der Waals surface area contributed by atoms with Crippen LogP contribution in [-0.4, -0.2) is 11.7 Å². The Bertz CT molecular complexity index is 646. The fourth-order valence-electron chi connectivity index (χ4n) is 2.17. The number of aryl methyl sites for hydroxylation is 1. The van der Waals surface area contributed by atoms with Crippen molar-refractivity contribution < 1.29 is 14.1 Å². The normalized spacial score (nSPS) is 11.1. The summed E-state index contributed by atoms with van der Waals surface area (Å²) in [6.45, 7) is 8.29. The van der Waals surface area contributed by atoms with Crippen LogP contribution < -0.4 is 9.88 Å². The van der Waals surface area contributed by atoms with Gasteiger partial charge < -0.3 is 4.74 Å². The van der Waals surface area contributed by atoms with Gasteiger partial charge in [-0.1, -0.05) is 30.3 Å². The lowest BCUT2D eigenvalue weighted by Gasteiger charge is -2.19. The minimum Gasteiger partial charge on any atom is -0.444 e. The van der Waals surface area contributed by atoms with E-state index in [2.05, 4.69) is 22.0 Å². The Morgan fingerprint density at radius 2 is 1.86 bits per heavy atom. The van der Waals surface area contributed by atoms with Crippen molar-refractivity contribution in [2.45, 2.75) is 39.8 Å². The summed E-state index contributed by atoms with van der Waals surface area (Å²) in [6, 6.07) is 12.1. The number of carbonyl (C=O) groups is 1. The number of nitrogens with zero attached hydrogens (tertiary/aromatic N) is 1. The second-order valence-corrected chi connectivity index (χ2v) is 6.39. The van der Waals surface area contributed by atoms with Gasteiger partial charge in [-0.25, -0.2) is 4.79 Å². The molecule has 0 radical (unpaired) electrons. The summed E-state index contributed by atoms with van der Waals surface area (Å²) in [5.41, 5.74) is 2.50. The number of amides is 1. The van der Waals surface area contributed by atoms with E-state index in [-0.39, 0.29) is 0 Å². The smallest absolute Gasteiger partial charge is 0.412 e. The van der Waals surface area contributed by atoms with Gasteiger partial charge >= 0.3 is 6.09 Å². The summed E-state index contributed by atoms with van der Waals surface area (Å²) < 4.78 is 7.33. The maximum atomic E-state index is 11.9. The molecule has 22 heavy (non-hydrogen) atoms. The van der Waals surface area contributed by atoms with E-state index in [1.54, 1.807) is 0 Å². The summed E-state index contributed by atoms with van der Waals surface area (Å²) >= 11 is 0. The first kappa shape index (κ1) is 16.0. The first-order valence-corrected chi connectivity index (χ1v) is 7.36. The van der Waals surface area contributed by atoms with E-state index in [4.69, 9.17) is 4.74 Å². The predicted molar refractivity (Wildman–Crippen MR) is 86.8 cm³/mol. The lowest BCUT2D eigenvalue weighted by Crippen LogP contribution is -2.35. The van der Waals surface area contributed by atoms with E-state index < -0.39 is 11.7 Å². The predicted octanol–water partition coefficient (Wildman–Crippen LogP) is 3.68. The highest BCUT2D eigenvalue weighted by Gasteiger charge is 2.17. The van der Waals surface area contributed by atoms with Crippen LogP contribution in [-0.2, 0) is 11.3 Å². The topological polar surface area (TPSA) is 42.2 Å². The number of hydrogen-bond donors (Lipinski definition) is 1. The van der Waals surface area contributed by atoms with E-state index in [1.807, 2.05) is 64.4 Å².